The molecule has 2 heteroatoms. The van der Waals surface area contributed by atoms with Gasteiger partial charge < -0.3 is 5.32 Å². The SMILES string of the molecule is C=C(C)C(=O)C1CCCN1. The average molecular weight is 139 g/mol. The number of ketones is 1. The Kier molecular flexibility index (Phi) is 2.22. The molecule has 1 unspecified atom stereocenters. The molecule has 1 fully saturated rings. The molecule has 1 saturated heterocycles. The number of nitrogens with one attached hydrogen (secondary N) is 1. The molecule has 1 rings (SSSR count). The van der Waals surface area contributed by atoms with E-state index in [1.54, 1.807) is 6.92 Å². The fourth-order valence-corrected chi connectivity index (χ4v) is 1.21. The topological polar surface area (TPSA) is 29.1 Å². The first-order valence-electron chi connectivity index (χ1n) is 3.65. The van der Waals surface area contributed by atoms with Crippen molar-refractivity contribution < 1.29 is 4.79 Å². The van der Waals surface area contributed by atoms with E-state index in [2.05, 4.69) is 11.9 Å². The second-order valence-electron chi connectivity index (χ2n) is 2.79. The molecule has 0 saturated carbocycles. The minimum Gasteiger partial charge on any atom is -0.307 e. The van der Waals surface area contributed by atoms with Crippen LogP contribution in [0.3, 0.4) is 0 Å². The van der Waals surface area contributed by atoms with Gasteiger partial charge in [0.15, 0.2) is 5.78 Å². The summed E-state index contributed by atoms with van der Waals surface area (Å²) in [5, 5.41) is 3.13. The van der Waals surface area contributed by atoms with Crippen molar-refractivity contribution in [1.29, 1.82) is 0 Å². The molecule has 1 aliphatic heterocycles. The van der Waals surface area contributed by atoms with Crippen LogP contribution in [0.4, 0.5) is 0 Å². The van der Waals surface area contributed by atoms with E-state index in [1.807, 2.05) is 0 Å². The number of carbonyl (C=O) groups is 1. The van der Waals surface area contributed by atoms with Crippen LogP contribution < -0.4 is 5.32 Å². The first-order chi connectivity index (χ1) is 4.72. The van der Waals surface area contributed by atoms with Crippen LogP contribution in [0.5, 0.6) is 0 Å². The van der Waals surface area contributed by atoms with Crippen LogP contribution in [0.25, 0.3) is 0 Å². The van der Waals surface area contributed by atoms with Crippen molar-refractivity contribution in [3.8, 4) is 0 Å². The first-order valence-corrected chi connectivity index (χ1v) is 3.65. The second kappa shape index (κ2) is 2.97. The summed E-state index contributed by atoms with van der Waals surface area (Å²) in [4.78, 5) is 11.2. The lowest BCUT2D eigenvalue weighted by Gasteiger charge is -2.06. The number of rotatable bonds is 2. The highest BCUT2D eigenvalue weighted by Gasteiger charge is 2.21. The smallest absolute Gasteiger partial charge is 0.174 e. The Morgan fingerprint density at radius 3 is 2.80 bits per heavy atom. The average Bonchev–Trinajstić information content (AvgIpc) is 2.36. The summed E-state index contributed by atoms with van der Waals surface area (Å²) in [7, 11) is 0. The molecule has 0 aromatic rings. The van der Waals surface area contributed by atoms with Gasteiger partial charge in [-0.2, -0.15) is 0 Å². The third-order valence-electron chi connectivity index (χ3n) is 1.80. The first kappa shape index (κ1) is 7.48. The lowest BCUT2D eigenvalue weighted by molar-refractivity contribution is -0.117. The molecule has 56 valence electrons. The van der Waals surface area contributed by atoms with Gasteiger partial charge in [0.25, 0.3) is 0 Å². The molecule has 0 spiro atoms. The van der Waals surface area contributed by atoms with Crippen LogP contribution in [0, 0.1) is 0 Å². The maximum Gasteiger partial charge on any atom is 0.174 e. The zero-order chi connectivity index (χ0) is 7.56. The largest absolute Gasteiger partial charge is 0.307 e. The third-order valence-corrected chi connectivity index (χ3v) is 1.80. The number of hydrogen-bond donors (Lipinski definition) is 1. The van der Waals surface area contributed by atoms with Gasteiger partial charge in [-0.25, -0.2) is 0 Å². The normalized spacial score (nSPS) is 24.7. The van der Waals surface area contributed by atoms with Crippen molar-refractivity contribution in [2.75, 3.05) is 6.54 Å². The van der Waals surface area contributed by atoms with Gasteiger partial charge >= 0.3 is 0 Å². The summed E-state index contributed by atoms with van der Waals surface area (Å²) >= 11 is 0. The highest BCUT2D eigenvalue weighted by molar-refractivity contribution is 5.98. The summed E-state index contributed by atoms with van der Waals surface area (Å²) in [5.41, 5.74) is 0.666. The van der Waals surface area contributed by atoms with Crippen molar-refractivity contribution >= 4 is 5.78 Å². The zero-order valence-electron chi connectivity index (χ0n) is 6.31. The van der Waals surface area contributed by atoms with Gasteiger partial charge in [-0.1, -0.05) is 6.58 Å². The number of hydrogen-bond acceptors (Lipinski definition) is 2. The maximum absolute atomic E-state index is 11.2. The molecular weight excluding hydrogens is 126 g/mol. The highest BCUT2D eigenvalue weighted by Crippen LogP contribution is 2.08. The highest BCUT2D eigenvalue weighted by atomic mass is 16.1. The fourth-order valence-electron chi connectivity index (χ4n) is 1.21. The van der Waals surface area contributed by atoms with Crippen molar-refractivity contribution in [1.82, 2.24) is 5.32 Å². The standard InChI is InChI=1S/C8H13NO/c1-6(2)8(10)7-4-3-5-9-7/h7,9H,1,3-5H2,2H3. The van der Waals surface area contributed by atoms with Gasteiger partial charge in [-0.05, 0) is 31.9 Å². The van der Waals surface area contributed by atoms with E-state index in [-0.39, 0.29) is 11.8 Å². The number of carbonyl (C=O) groups excluding carboxylic acids is 1. The van der Waals surface area contributed by atoms with Crippen LogP contribution >= 0.6 is 0 Å². The number of Topliss-reactive ketones (excluding diaryl/α,β-unsaturated/α-hetero) is 1. The van der Waals surface area contributed by atoms with Crippen molar-refractivity contribution in [2.45, 2.75) is 25.8 Å². The molecule has 1 N–H and O–H groups in total. The Morgan fingerprint density at radius 1 is 1.70 bits per heavy atom. The minimum atomic E-state index is 0.0671. The van der Waals surface area contributed by atoms with E-state index in [9.17, 15) is 4.79 Å². The third kappa shape index (κ3) is 1.45. The second-order valence-corrected chi connectivity index (χ2v) is 2.79. The van der Waals surface area contributed by atoms with Gasteiger partial charge in [0.2, 0.25) is 0 Å². The van der Waals surface area contributed by atoms with E-state index in [0.717, 1.165) is 19.4 Å². The lowest BCUT2D eigenvalue weighted by atomic mass is 10.1. The van der Waals surface area contributed by atoms with Crippen molar-refractivity contribution in [3.63, 3.8) is 0 Å². The van der Waals surface area contributed by atoms with E-state index >= 15 is 0 Å². The monoisotopic (exact) mass is 139 g/mol. The van der Waals surface area contributed by atoms with Gasteiger partial charge in [0.05, 0.1) is 6.04 Å². The lowest BCUT2D eigenvalue weighted by Crippen LogP contribution is -2.30. The van der Waals surface area contributed by atoms with Crippen LogP contribution in [-0.2, 0) is 4.79 Å². The molecule has 1 heterocycles. The van der Waals surface area contributed by atoms with Crippen molar-refractivity contribution in [3.05, 3.63) is 12.2 Å². The van der Waals surface area contributed by atoms with Crippen LogP contribution in [0.15, 0.2) is 12.2 Å². The van der Waals surface area contributed by atoms with Crippen LogP contribution in [0.1, 0.15) is 19.8 Å². The molecule has 0 amide bonds. The van der Waals surface area contributed by atoms with E-state index in [0.29, 0.717) is 5.57 Å². The molecular formula is C8H13NO. The molecule has 0 aromatic heterocycles. The quantitative estimate of drug-likeness (QED) is 0.575. The predicted molar refractivity (Wildman–Crippen MR) is 40.8 cm³/mol. The molecule has 0 aromatic carbocycles. The Labute approximate surface area is 61.3 Å². The summed E-state index contributed by atoms with van der Waals surface area (Å²) in [6.45, 7) is 6.35. The van der Waals surface area contributed by atoms with Gasteiger partial charge in [0.1, 0.15) is 0 Å². The van der Waals surface area contributed by atoms with Crippen molar-refractivity contribution in [2.24, 2.45) is 0 Å². The van der Waals surface area contributed by atoms with Crippen LogP contribution in [0.2, 0.25) is 0 Å². The van der Waals surface area contributed by atoms with Gasteiger partial charge in [0, 0.05) is 0 Å². The molecule has 1 atom stereocenters. The Balaban J connectivity index is 2.48. The molecule has 10 heavy (non-hydrogen) atoms. The van der Waals surface area contributed by atoms with E-state index < -0.39 is 0 Å². The molecule has 0 radical (unpaired) electrons. The Hall–Kier alpha value is -0.630. The summed E-state index contributed by atoms with van der Waals surface area (Å²) in [6, 6.07) is 0.0671. The predicted octanol–water partition coefficient (Wildman–Crippen LogP) is 0.884. The minimum absolute atomic E-state index is 0.0671. The van der Waals surface area contributed by atoms with Gasteiger partial charge in [-0.15, -0.1) is 0 Å². The summed E-state index contributed by atoms with van der Waals surface area (Å²) in [6.07, 6.45) is 2.09. The molecule has 0 bridgehead atoms. The van der Waals surface area contributed by atoms with Gasteiger partial charge in [-0.3, -0.25) is 4.79 Å². The molecule has 0 aliphatic carbocycles. The Morgan fingerprint density at radius 2 is 2.40 bits per heavy atom. The fraction of sp³-hybridized carbons (Fsp3) is 0.625. The summed E-state index contributed by atoms with van der Waals surface area (Å²) in [5.74, 6) is 0.178. The molecule has 1 aliphatic rings. The molecule has 2 nitrogen and oxygen atoms in total. The van der Waals surface area contributed by atoms with E-state index in [1.165, 1.54) is 0 Å². The zero-order valence-corrected chi connectivity index (χ0v) is 6.31. The summed E-state index contributed by atoms with van der Waals surface area (Å²) < 4.78 is 0. The van der Waals surface area contributed by atoms with E-state index in [4.69, 9.17) is 0 Å². The Bertz CT molecular complexity index is 157. The maximum atomic E-state index is 11.2. The van der Waals surface area contributed by atoms with Crippen LogP contribution in [-0.4, -0.2) is 18.4 Å².